The fourth-order valence-electron chi connectivity index (χ4n) is 2.99. The molecule has 0 N–H and O–H groups in total. The minimum Gasteiger partial charge on any atom is -0.497 e. The monoisotopic (exact) mass is 340 g/mol. The van der Waals surface area contributed by atoms with Crippen LogP contribution in [0, 0.1) is 11.8 Å². The molecule has 3 atom stereocenters. The topological polar surface area (TPSA) is 18.5 Å². The molecule has 0 amide bonds. The van der Waals surface area contributed by atoms with Crippen molar-refractivity contribution in [3.05, 3.63) is 24.3 Å². The highest BCUT2D eigenvalue weighted by Gasteiger charge is 2.27. The zero-order valence-electron chi connectivity index (χ0n) is 12.5. The lowest BCUT2D eigenvalue weighted by Crippen LogP contribution is -2.26. The Bertz CT molecular complexity index is 390. The molecule has 2 nitrogen and oxygen atoms in total. The Labute approximate surface area is 131 Å². The molecule has 0 spiro atoms. The van der Waals surface area contributed by atoms with E-state index >= 15 is 0 Å². The van der Waals surface area contributed by atoms with Gasteiger partial charge in [0.1, 0.15) is 11.5 Å². The van der Waals surface area contributed by atoms with Crippen LogP contribution in [0.1, 0.15) is 39.0 Å². The molecule has 0 heterocycles. The highest BCUT2D eigenvalue weighted by Crippen LogP contribution is 2.37. The fraction of sp³-hybridized carbons (Fsp3) is 0.647. The second-order valence-corrected chi connectivity index (χ2v) is 6.85. The first kappa shape index (κ1) is 15.7. The van der Waals surface area contributed by atoms with E-state index in [0.29, 0.717) is 4.83 Å². The lowest BCUT2D eigenvalue weighted by atomic mass is 9.79. The van der Waals surface area contributed by atoms with Crippen LogP contribution in [0.15, 0.2) is 24.3 Å². The molecule has 0 aliphatic heterocycles. The SMILES string of the molecule is CCC1CCC(Br)C(CCOc2ccc(OC)cc2)C1. The Morgan fingerprint density at radius 3 is 2.50 bits per heavy atom. The van der Waals surface area contributed by atoms with Crippen molar-refractivity contribution in [2.45, 2.75) is 43.9 Å². The zero-order chi connectivity index (χ0) is 14.4. The van der Waals surface area contributed by atoms with E-state index in [1.165, 1.54) is 25.7 Å². The van der Waals surface area contributed by atoms with Crippen LogP contribution in [-0.4, -0.2) is 18.5 Å². The van der Waals surface area contributed by atoms with E-state index in [1.807, 2.05) is 24.3 Å². The highest BCUT2D eigenvalue weighted by molar-refractivity contribution is 9.09. The molecule has 0 bridgehead atoms. The summed E-state index contributed by atoms with van der Waals surface area (Å²) in [5.41, 5.74) is 0. The Morgan fingerprint density at radius 2 is 1.85 bits per heavy atom. The van der Waals surface area contributed by atoms with Crippen molar-refractivity contribution in [1.82, 2.24) is 0 Å². The van der Waals surface area contributed by atoms with Gasteiger partial charge in [-0.3, -0.25) is 0 Å². The average molecular weight is 341 g/mol. The number of ether oxygens (including phenoxy) is 2. The quantitative estimate of drug-likeness (QED) is 0.674. The molecule has 0 aromatic heterocycles. The van der Waals surface area contributed by atoms with Gasteiger partial charge in [0.15, 0.2) is 0 Å². The third-order valence-corrected chi connectivity index (χ3v) is 5.60. The van der Waals surface area contributed by atoms with Gasteiger partial charge in [0, 0.05) is 4.83 Å². The van der Waals surface area contributed by atoms with E-state index in [-0.39, 0.29) is 0 Å². The third kappa shape index (κ3) is 4.41. The molecule has 1 saturated carbocycles. The standard InChI is InChI=1S/C17H25BrO2/c1-3-13-4-9-17(18)14(12-13)10-11-20-16-7-5-15(19-2)6-8-16/h5-8,13-14,17H,3-4,9-12H2,1-2H3. The summed E-state index contributed by atoms with van der Waals surface area (Å²) < 4.78 is 11.0. The van der Waals surface area contributed by atoms with Gasteiger partial charge in [-0.05, 0) is 61.8 Å². The van der Waals surface area contributed by atoms with Crippen LogP contribution in [0.4, 0.5) is 0 Å². The molecule has 1 aliphatic rings. The molecule has 0 radical (unpaired) electrons. The van der Waals surface area contributed by atoms with Gasteiger partial charge in [-0.25, -0.2) is 0 Å². The van der Waals surface area contributed by atoms with Crippen molar-refractivity contribution in [2.75, 3.05) is 13.7 Å². The van der Waals surface area contributed by atoms with Gasteiger partial charge in [-0.1, -0.05) is 29.3 Å². The average Bonchev–Trinajstić information content (AvgIpc) is 2.50. The summed E-state index contributed by atoms with van der Waals surface area (Å²) >= 11 is 3.84. The predicted octanol–water partition coefficient (Wildman–Crippen LogP) is 5.05. The van der Waals surface area contributed by atoms with Crippen molar-refractivity contribution in [1.29, 1.82) is 0 Å². The molecule has 1 aromatic rings. The summed E-state index contributed by atoms with van der Waals surface area (Å²) in [7, 11) is 1.68. The van der Waals surface area contributed by atoms with E-state index in [2.05, 4.69) is 22.9 Å². The normalized spacial score (nSPS) is 26.2. The second-order valence-electron chi connectivity index (χ2n) is 5.68. The highest BCUT2D eigenvalue weighted by atomic mass is 79.9. The van der Waals surface area contributed by atoms with Crippen molar-refractivity contribution in [3.8, 4) is 11.5 Å². The van der Waals surface area contributed by atoms with Gasteiger partial charge in [0.05, 0.1) is 13.7 Å². The number of rotatable bonds is 6. The summed E-state index contributed by atoms with van der Waals surface area (Å²) in [6.45, 7) is 3.11. The molecular weight excluding hydrogens is 316 g/mol. The molecule has 1 aromatic carbocycles. The minimum absolute atomic E-state index is 0.671. The summed E-state index contributed by atoms with van der Waals surface area (Å²) in [6, 6.07) is 7.83. The number of hydrogen-bond donors (Lipinski definition) is 0. The van der Waals surface area contributed by atoms with Gasteiger partial charge >= 0.3 is 0 Å². The lowest BCUT2D eigenvalue weighted by molar-refractivity contribution is 0.215. The van der Waals surface area contributed by atoms with Crippen LogP contribution in [0.3, 0.4) is 0 Å². The molecule has 0 saturated heterocycles. The van der Waals surface area contributed by atoms with Crippen LogP contribution in [0.5, 0.6) is 11.5 Å². The van der Waals surface area contributed by atoms with E-state index in [4.69, 9.17) is 9.47 Å². The van der Waals surface area contributed by atoms with Gasteiger partial charge in [-0.15, -0.1) is 0 Å². The fourth-order valence-corrected chi connectivity index (χ4v) is 3.74. The Kier molecular flexibility index (Phi) is 6.21. The van der Waals surface area contributed by atoms with E-state index in [0.717, 1.165) is 36.4 Å². The zero-order valence-corrected chi connectivity index (χ0v) is 14.1. The Morgan fingerprint density at radius 1 is 1.15 bits per heavy atom. The maximum absolute atomic E-state index is 5.85. The summed E-state index contributed by atoms with van der Waals surface area (Å²) in [6.07, 6.45) is 6.49. The van der Waals surface area contributed by atoms with Gasteiger partial charge in [0.25, 0.3) is 0 Å². The van der Waals surface area contributed by atoms with E-state index < -0.39 is 0 Å². The number of benzene rings is 1. The first-order valence-corrected chi connectivity index (χ1v) is 8.55. The molecular formula is C17H25BrO2. The molecule has 3 unspecified atom stereocenters. The van der Waals surface area contributed by atoms with Gasteiger partial charge in [0.2, 0.25) is 0 Å². The molecule has 112 valence electrons. The molecule has 3 heteroatoms. The summed E-state index contributed by atoms with van der Waals surface area (Å²) in [5, 5.41) is 0. The van der Waals surface area contributed by atoms with Crippen molar-refractivity contribution < 1.29 is 9.47 Å². The van der Waals surface area contributed by atoms with Crippen LogP contribution in [0.2, 0.25) is 0 Å². The van der Waals surface area contributed by atoms with E-state index in [1.54, 1.807) is 7.11 Å². The largest absolute Gasteiger partial charge is 0.497 e. The van der Waals surface area contributed by atoms with E-state index in [9.17, 15) is 0 Å². The van der Waals surface area contributed by atoms with Crippen molar-refractivity contribution in [2.24, 2.45) is 11.8 Å². The van der Waals surface area contributed by atoms with Crippen LogP contribution < -0.4 is 9.47 Å². The third-order valence-electron chi connectivity index (χ3n) is 4.39. The second kappa shape index (κ2) is 7.92. The molecule has 1 aliphatic carbocycles. The van der Waals surface area contributed by atoms with Crippen LogP contribution in [0.25, 0.3) is 0 Å². The maximum atomic E-state index is 5.85. The number of alkyl halides is 1. The van der Waals surface area contributed by atoms with Crippen molar-refractivity contribution in [3.63, 3.8) is 0 Å². The van der Waals surface area contributed by atoms with Gasteiger partial charge in [-0.2, -0.15) is 0 Å². The van der Waals surface area contributed by atoms with Crippen LogP contribution in [-0.2, 0) is 0 Å². The molecule has 20 heavy (non-hydrogen) atoms. The summed E-state index contributed by atoms with van der Waals surface area (Å²) in [4.78, 5) is 0.671. The summed E-state index contributed by atoms with van der Waals surface area (Å²) in [5.74, 6) is 3.47. The first-order chi connectivity index (χ1) is 9.72. The first-order valence-electron chi connectivity index (χ1n) is 7.63. The minimum atomic E-state index is 0.671. The Hall–Kier alpha value is -0.700. The Balaban J connectivity index is 1.76. The lowest BCUT2D eigenvalue weighted by Gasteiger charge is -2.32. The van der Waals surface area contributed by atoms with Crippen LogP contribution >= 0.6 is 15.9 Å². The smallest absolute Gasteiger partial charge is 0.119 e. The number of methoxy groups -OCH3 is 1. The molecule has 2 rings (SSSR count). The number of halogens is 1. The van der Waals surface area contributed by atoms with Gasteiger partial charge < -0.3 is 9.47 Å². The maximum Gasteiger partial charge on any atom is 0.119 e. The van der Waals surface area contributed by atoms with Crippen molar-refractivity contribution >= 4 is 15.9 Å². The number of hydrogen-bond acceptors (Lipinski definition) is 2. The molecule has 1 fully saturated rings. The predicted molar refractivity (Wildman–Crippen MR) is 86.9 cm³/mol.